The van der Waals surface area contributed by atoms with Gasteiger partial charge in [-0.3, -0.25) is 4.79 Å². The van der Waals surface area contributed by atoms with Crippen LogP contribution in [0.1, 0.15) is 41.7 Å². The van der Waals surface area contributed by atoms with Crippen molar-refractivity contribution in [3.05, 3.63) is 35.5 Å². The van der Waals surface area contributed by atoms with Crippen LogP contribution in [0.4, 0.5) is 0 Å². The summed E-state index contributed by atoms with van der Waals surface area (Å²) in [6.07, 6.45) is 3.90. The van der Waals surface area contributed by atoms with Crippen molar-refractivity contribution in [2.24, 2.45) is 5.92 Å². The van der Waals surface area contributed by atoms with Crippen molar-refractivity contribution in [2.45, 2.75) is 38.6 Å². The van der Waals surface area contributed by atoms with E-state index in [2.05, 4.69) is 10.3 Å². The number of aliphatic hydroxyl groups excluding tert-OH is 1. The third kappa shape index (κ3) is 2.95. The lowest BCUT2D eigenvalue weighted by Gasteiger charge is -2.27. The number of aliphatic hydroxyl groups is 1. The van der Waals surface area contributed by atoms with Gasteiger partial charge in [-0.15, -0.1) is 0 Å². The number of carbonyl (C=O) groups is 1. The van der Waals surface area contributed by atoms with Crippen LogP contribution in [0, 0.1) is 12.8 Å². The number of amides is 1. The minimum atomic E-state index is -0.0296. The molecule has 4 nitrogen and oxygen atoms in total. The van der Waals surface area contributed by atoms with E-state index in [1.54, 1.807) is 0 Å². The summed E-state index contributed by atoms with van der Waals surface area (Å²) >= 11 is 0. The van der Waals surface area contributed by atoms with Gasteiger partial charge in [0.15, 0.2) is 0 Å². The number of benzene rings is 1. The molecule has 0 spiro atoms. The highest BCUT2D eigenvalue weighted by Gasteiger charge is 2.22. The lowest BCUT2D eigenvalue weighted by molar-refractivity contribution is 0.0910. The van der Waals surface area contributed by atoms with Crippen LogP contribution < -0.4 is 5.32 Å². The molecule has 1 heterocycles. The van der Waals surface area contributed by atoms with E-state index in [1.807, 2.05) is 31.2 Å². The molecule has 1 saturated carbocycles. The number of fused-ring (bicyclic) bond motifs is 1. The molecule has 1 amide bonds. The minimum absolute atomic E-state index is 0.0296. The van der Waals surface area contributed by atoms with Crippen molar-refractivity contribution in [2.75, 3.05) is 6.61 Å². The summed E-state index contributed by atoms with van der Waals surface area (Å²) in [6.45, 7) is 2.30. The van der Waals surface area contributed by atoms with Crippen molar-refractivity contribution in [1.82, 2.24) is 10.3 Å². The number of nitrogens with one attached hydrogen (secondary N) is 2. The Kier molecular flexibility index (Phi) is 3.97. The number of hydrogen-bond acceptors (Lipinski definition) is 2. The molecule has 0 aliphatic heterocycles. The molecule has 0 saturated heterocycles. The first-order chi connectivity index (χ1) is 10.2. The Bertz CT molecular complexity index is 639. The fourth-order valence-electron chi connectivity index (χ4n) is 3.18. The normalized spacial score (nSPS) is 22.4. The van der Waals surface area contributed by atoms with Crippen LogP contribution in [0.25, 0.3) is 10.9 Å². The Labute approximate surface area is 124 Å². The van der Waals surface area contributed by atoms with E-state index in [0.717, 1.165) is 42.1 Å². The summed E-state index contributed by atoms with van der Waals surface area (Å²) in [5.74, 6) is 0.381. The molecule has 1 aromatic heterocycles. The fraction of sp³-hybridized carbons (Fsp3) is 0.471. The first-order valence-corrected chi connectivity index (χ1v) is 7.67. The molecular weight excluding hydrogens is 264 g/mol. The van der Waals surface area contributed by atoms with E-state index in [-0.39, 0.29) is 18.6 Å². The summed E-state index contributed by atoms with van der Waals surface area (Å²) in [4.78, 5) is 15.6. The summed E-state index contributed by atoms with van der Waals surface area (Å²) < 4.78 is 0. The van der Waals surface area contributed by atoms with Crippen LogP contribution in [0.3, 0.4) is 0 Å². The van der Waals surface area contributed by atoms with Crippen molar-refractivity contribution in [1.29, 1.82) is 0 Å². The van der Waals surface area contributed by atoms with Gasteiger partial charge < -0.3 is 15.4 Å². The van der Waals surface area contributed by atoms with Crippen LogP contribution in [0.15, 0.2) is 24.3 Å². The van der Waals surface area contributed by atoms with Gasteiger partial charge in [0.1, 0.15) is 5.69 Å². The Balaban J connectivity index is 1.68. The van der Waals surface area contributed by atoms with Crippen LogP contribution in [-0.4, -0.2) is 28.6 Å². The van der Waals surface area contributed by atoms with Crippen molar-refractivity contribution < 1.29 is 9.90 Å². The van der Waals surface area contributed by atoms with E-state index in [1.165, 1.54) is 0 Å². The number of aromatic nitrogens is 1. The Morgan fingerprint density at radius 1 is 1.33 bits per heavy atom. The smallest absolute Gasteiger partial charge is 0.267 e. The fourth-order valence-corrected chi connectivity index (χ4v) is 3.18. The quantitative estimate of drug-likeness (QED) is 0.812. The highest BCUT2D eigenvalue weighted by atomic mass is 16.3. The first-order valence-electron chi connectivity index (χ1n) is 7.67. The van der Waals surface area contributed by atoms with Gasteiger partial charge in [0.05, 0.1) is 0 Å². The summed E-state index contributed by atoms with van der Waals surface area (Å²) in [6, 6.07) is 8.20. The molecule has 0 atom stereocenters. The Hall–Kier alpha value is -1.81. The summed E-state index contributed by atoms with van der Waals surface area (Å²) in [5, 5.41) is 13.3. The Morgan fingerprint density at radius 2 is 2.10 bits per heavy atom. The number of H-pyrrole nitrogens is 1. The second-order valence-electron chi connectivity index (χ2n) is 6.10. The average Bonchev–Trinajstić information content (AvgIpc) is 2.94. The molecule has 0 unspecified atom stereocenters. The van der Waals surface area contributed by atoms with Gasteiger partial charge in [0, 0.05) is 23.6 Å². The highest BCUT2D eigenvalue weighted by molar-refractivity contribution is 5.98. The van der Waals surface area contributed by atoms with Gasteiger partial charge in [0.2, 0.25) is 0 Å². The molecule has 1 aromatic carbocycles. The average molecular weight is 286 g/mol. The lowest BCUT2D eigenvalue weighted by Crippen LogP contribution is -2.38. The van der Waals surface area contributed by atoms with E-state index >= 15 is 0 Å². The minimum Gasteiger partial charge on any atom is -0.396 e. The number of aromatic amines is 1. The molecule has 1 aliphatic carbocycles. The van der Waals surface area contributed by atoms with E-state index in [0.29, 0.717) is 11.6 Å². The van der Waals surface area contributed by atoms with Gasteiger partial charge in [-0.2, -0.15) is 0 Å². The van der Waals surface area contributed by atoms with Gasteiger partial charge in [-0.1, -0.05) is 18.2 Å². The van der Waals surface area contributed by atoms with E-state index in [9.17, 15) is 4.79 Å². The zero-order valence-electron chi connectivity index (χ0n) is 12.4. The van der Waals surface area contributed by atoms with Crippen molar-refractivity contribution >= 4 is 16.8 Å². The van der Waals surface area contributed by atoms with Crippen molar-refractivity contribution in [3.63, 3.8) is 0 Å². The maximum absolute atomic E-state index is 12.4. The maximum Gasteiger partial charge on any atom is 0.267 e. The van der Waals surface area contributed by atoms with E-state index in [4.69, 9.17) is 5.11 Å². The number of para-hydroxylation sites is 1. The zero-order valence-corrected chi connectivity index (χ0v) is 12.4. The zero-order chi connectivity index (χ0) is 14.8. The number of hydrogen-bond donors (Lipinski definition) is 3. The topological polar surface area (TPSA) is 65.1 Å². The number of aryl methyl sites for hydroxylation is 1. The van der Waals surface area contributed by atoms with Crippen LogP contribution in [0.2, 0.25) is 0 Å². The number of rotatable bonds is 3. The second kappa shape index (κ2) is 5.90. The molecule has 21 heavy (non-hydrogen) atoms. The lowest BCUT2D eigenvalue weighted by atomic mass is 9.86. The molecule has 3 rings (SSSR count). The predicted molar refractivity (Wildman–Crippen MR) is 83.3 cm³/mol. The maximum atomic E-state index is 12.4. The third-order valence-corrected chi connectivity index (χ3v) is 4.55. The van der Waals surface area contributed by atoms with Crippen molar-refractivity contribution in [3.8, 4) is 0 Å². The van der Waals surface area contributed by atoms with Gasteiger partial charge in [-0.05, 0) is 50.2 Å². The standard InChI is InChI=1S/C17H22N2O2/c1-11-3-2-4-13-9-15(19-16(11)13)17(21)18-14-7-5-12(10-20)6-8-14/h2-4,9,12,14,19-20H,5-8,10H2,1H3,(H,18,21). The molecular formula is C17H22N2O2. The summed E-state index contributed by atoms with van der Waals surface area (Å²) in [7, 11) is 0. The largest absolute Gasteiger partial charge is 0.396 e. The molecule has 112 valence electrons. The molecule has 3 N–H and O–H groups in total. The highest BCUT2D eigenvalue weighted by Crippen LogP contribution is 2.24. The second-order valence-corrected chi connectivity index (χ2v) is 6.10. The van der Waals surface area contributed by atoms with Crippen LogP contribution in [0.5, 0.6) is 0 Å². The SMILES string of the molecule is Cc1cccc2cc(C(=O)NC3CCC(CO)CC3)[nH]c12. The van der Waals surface area contributed by atoms with Crippen LogP contribution >= 0.6 is 0 Å². The number of carbonyl (C=O) groups excluding carboxylic acids is 1. The monoisotopic (exact) mass is 286 g/mol. The molecule has 1 aliphatic rings. The van der Waals surface area contributed by atoms with Gasteiger partial charge in [0.25, 0.3) is 5.91 Å². The van der Waals surface area contributed by atoms with Gasteiger partial charge >= 0.3 is 0 Å². The van der Waals surface area contributed by atoms with Gasteiger partial charge in [-0.25, -0.2) is 0 Å². The predicted octanol–water partition coefficient (Wildman–Crippen LogP) is 2.76. The molecule has 2 aromatic rings. The van der Waals surface area contributed by atoms with Crippen LogP contribution in [-0.2, 0) is 0 Å². The molecule has 1 fully saturated rings. The third-order valence-electron chi connectivity index (χ3n) is 4.55. The summed E-state index contributed by atoms with van der Waals surface area (Å²) in [5.41, 5.74) is 2.81. The molecule has 0 radical (unpaired) electrons. The van der Waals surface area contributed by atoms with E-state index < -0.39 is 0 Å². The molecule has 4 heteroatoms. The molecule has 0 bridgehead atoms. The first kappa shape index (κ1) is 14.1. The Morgan fingerprint density at radius 3 is 2.76 bits per heavy atom.